The number of ether oxygens (including phenoxy) is 2. The van der Waals surface area contributed by atoms with Crippen LogP contribution in [0, 0.1) is 0 Å². The molecule has 0 aliphatic carbocycles. The molecule has 0 spiro atoms. The quantitative estimate of drug-likeness (QED) is 0.324. The van der Waals surface area contributed by atoms with Crippen molar-refractivity contribution in [3.8, 4) is 0 Å². The molecule has 1 aromatic rings. The molecule has 0 atom stereocenters. The summed E-state index contributed by atoms with van der Waals surface area (Å²) < 4.78 is 55.1. The zero-order valence-electron chi connectivity index (χ0n) is 17.3. The van der Waals surface area contributed by atoms with Gasteiger partial charge in [-0.1, -0.05) is 32.4 Å². The average Bonchev–Trinajstić information content (AvgIpc) is 2.54. The maximum Gasteiger partial charge on any atom is 0.433 e. The Morgan fingerprint density at radius 3 is 2.11 bits per heavy atom. The van der Waals surface area contributed by atoms with Gasteiger partial charge in [-0.25, -0.2) is 4.98 Å². The van der Waals surface area contributed by atoms with Crippen LogP contribution in [0.2, 0.25) is 23.2 Å². The van der Waals surface area contributed by atoms with Crippen LogP contribution < -0.4 is 0 Å². The molecule has 9 heteroatoms. The molecule has 28 heavy (non-hydrogen) atoms. The van der Waals surface area contributed by atoms with Crippen LogP contribution in [0.1, 0.15) is 38.6 Å². The summed E-state index contributed by atoms with van der Waals surface area (Å²) in [4.78, 5) is 3.61. The van der Waals surface area contributed by atoms with Crippen molar-refractivity contribution in [3.05, 3.63) is 28.5 Å². The van der Waals surface area contributed by atoms with Gasteiger partial charge in [0.2, 0.25) is 0 Å². The number of hydrogen-bond donors (Lipinski definition) is 0. The summed E-state index contributed by atoms with van der Waals surface area (Å²) in [5.74, 6) is 0. The van der Waals surface area contributed by atoms with Crippen molar-refractivity contribution >= 4 is 19.9 Å². The topological polar surface area (TPSA) is 40.6 Å². The SMILES string of the molecule is CC(C)(C)[Si](C)(C)OCCOCCOCCCc1cc(Cl)cc(C(F)(F)F)n1. The highest BCUT2D eigenvalue weighted by Crippen LogP contribution is 2.36. The summed E-state index contributed by atoms with van der Waals surface area (Å²) in [7, 11) is -1.74. The molecule has 0 N–H and O–H groups in total. The molecule has 0 fully saturated rings. The van der Waals surface area contributed by atoms with Crippen molar-refractivity contribution in [3.63, 3.8) is 0 Å². The maximum atomic E-state index is 12.7. The number of aromatic nitrogens is 1. The largest absolute Gasteiger partial charge is 0.433 e. The first kappa shape index (κ1) is 25.4. The Morgan fingerprint density at radius 1 is 0.964 bits per heavy atom. The van der Waals surface area contributed by atoms with E-state index in [1.54, 1.807) is 0 Å². The van der Waals surface area contributed by atoms with Crippen LogP contribution in [0.15, 0.2) is 12.1 Å². The van der Waals surface area contributed by atoms with E-state index in [4.69, 9.17) is 25.5 Å². The normalized spacial score (nSPS) is 13.2. The summed E-state index contributed by atoms with van der Waals surface area (Å²) in [5.41, 5.74) is -0.660. The lowest BCUT2D eigenvalue weighted by Crippen LogP contribution is -2.41. The first-order valence-corrected chi connectivity index (χ1v) is 12.6. The van der Waals surface area contributed by atoms with Crippen molar-refractivity contribution in [2.24, 2.45) is 0 Å². The highest BCUT2D eigenvalue weighted by molar-refractivity contribution is 6.74. The van der Waals surface area contributed by atoms with E-state index in [1.807, 2.05) is 0 Å². The van der Waals surface area contributed by atoms with Gasteiger partial charge < -0.3 is 13.9 Å². The zero-order chi connectivity index (χ0) is 21.4. The van der Waals surface area contributed by atoms with Crippen molar-refractivity contribution in [2.45, 2.75) is 57.9 Å². The van der Waals surface area contributed by atoms with E-state index in [-0.39, 0.29) is 10.1 Å². The van der Waals surface area contributed by atoms with E-state index in [1.165, 1.54) is 6.07 Å². The third kappa shape index (κ3) is 9.22. The van der Waals surface area contributed by atoms with Crippen molar-refractivity contribution in [1.29, 1.82) is 0 Å². The first-order chi connectivity index (χ1) is 12.8. The summed E-state index contributed by atoms with van der Waals surface area (Å²) >= 11 is 5.74. The Bertz CT molecular complexity index is 607. The predicted octanol–water partition coefficient (Wildman–Crippen LogP) is 5.74. The molecule has 0 unspecified atom stereocenters. The van der Waals surface area contributed by atoms with Crippen LogP contribution in [-0.2, 0) is 26.5 Å². The van der Waals surface area contributed by atoms with Gasteiger partial charge >= 0.3 is 6.18 Å². The molecular weight excluding hydrogens is 411 g/mol. The second-order valence-electron chi connectivity index (χ2n) is 8.10. The van der Waals surface area contributed by atoms with E-state index in [9.17, 15) is 13.2 Å². The molecule has 0 amide bonds. The number of aryl methyl sites for hydroxylation is 1. The lowest BCUT2D eigenvalue weighted by molar-refractivity contribution is -0.141. The average molecular weight is 442 g/mol. The first-order valence-electron chi connectivity index (χ1n) is 9.36. The van der Waals surface area contributed by atoms with Crippen molar-refractivity contribution < 1.29 is 27.1 Å². The smallest absolute Gasteiger partial charge is 0.414 e. The highest BCUT2D eigenvalue weighted by Gasteiger charge is 2.36. The van der Waals surface area contributed by atoms with Gasteiger partial charge in [0.15, 0.2) is 8.32 Å². The summed E-state index contributed by atoms with van der Waals surface area (Å²) in [6.45, 7) is 13.3. The number of hydrogen-bond acceptors (Lipinski definition) is 4. The minimum atomic E-state index is -4.50. The monoisotopic (exact) mass is 441 g/mol. The zero-order valence-corrected chi connectivity index (χ0v) is 19.0. The van der Waals surface area contributed by atoms with E-state index >= 15 is 0 Å². The van der Waals surface area contributed by atoms with Crippen molar-refractivity contribution in [1.82, 2.24) is 4.98 Å². The van der Waals surface area contributed by atoms with Crippen LogP contribution in [0.4, 0.5) is 13.2 Å². The van der Waals surface area contributed by atoms with E-state index < -0.39 is 20.2 Å². The summed E-state index contributed by atoms with van der Waals surface area (Å²) in [6.07, 6.45) is -3.58. The summed E-state index contributed by atoms with van der Waals surface area (Å²) in [5, 5.41) is 0.209. The van der Waals surface area contributed by atoms with Crippen LogP contribution >= 0.6 is 11.6 Å². The fourth-order valence-electron chi connectivity index (χ4n) is 2.07. The molecule has 0 saturated carbocycles. The van der Waals surface area contributed by atoms with Gasteiger partial charge in [0.25, 0.3) is 0 Å². The number of nitrogens with zero attached hydrogens (tertiary/aromatic N) is 1. The fourth-order valence-corrected chi connectivity index (χ4v) is 3.33. The molecule has 4 nitrogen and oxygen atoms in total. The van der Waals surface area contributed by atoms with Crippen molar-refractivity contribution in [2.75, 3.05) is 33.0 Å². The van der Waals surface area contributed by atoms with Crippen LogP contribution in [0.3, 0.4) is 0 Å². The number of halogens is 4. The van der Waals surface area contributed by atoms with Gasteiger partial charge in [0.05, 0.1) is 26.4 Å². The predicted molar refractivity (Wildman–Crippen MR) is 107 cm³/mol. The standard InChI is InChI=1S/C19H31ClF3NO3Si/c1-18(2,3)28(4,5)27-12-11-26-10-9-25-8-6-7-16-13-15(20)14-17(24-16)19(21,22)23/h13-14H,6-12H2,1-5H3. The van der Waals surface area contributed by atoms with Crippen LogP contribution in [0.5, 0.6) is 0 Å². The molecular formula is C19H31ClF3NO3Si. The fraction of sp³-hybridized carbons (Fsp3) is 0.737. The number of rotatable bonds is 11. The molecule has 162 valence electrons. The van der Waals surface area contributed by atoms with Gasteiger partial charge in [0, 0.05) is 17.3 Å². The molecule has 1 aromatic heterocycles. The summed E-state index contributed by atoms with van der Waals surface area (Å²) in [6, 6.07) is 2.27. The molecule has 0 saturated heterocycles. The Kier molecular flexibility index (Phi) is 9.89. The Labute approximate surface area is 171 Å². The molecule has 0 radical (unpaired) electrons. The van der Waals surface area contributed by atoms with Crippen LogP contribution in [-0.4, -0.2) is 46.3 Å². The third-order valence-corrected chi connectivity index (χ3v) is 9.48. The Morgan fingerprint density at radius 2 is 1.54 bits per heavy atom. The van der Waals surface area contributed by atoms with Gasteiger partial charge in [-0.15, -0.1) is 0 Å². The third-order valence-electron chi connectivity index (χ3n) is 4.72. The van der Waals surface area contributed by atoms with E-state index in [0.717, 1.165) is 6.07 Å². The minimum absolute atomic E-state index is 0.0339. The van der Waals surface area contributed by atoms with Gasteiger partial charge in [-0.3, -0.25) is 0 Å². The molecule has 0 aliphatic rings. The second kappa shape index (κ2) is 10.9. The number of pyridine rings is 1. The lowest BCUT2D eigenvalue weighted by atomic mass is 10.2. The molecule has 0 aliphatic heterocycles. The van der Waals surface area contributed by atoms with E-state index in [2.05, 4.69) is 38.8 Å². The molecule has 0 bridgehead atoms. The van der Waals surface area contributed by atoms with Gasteiger partial charge in [-0.05, 0) is 43.1 Å². The number of alkyl halides is 3. The molecule has 0 aromatic carbocycles. The highest BCUT2D eigenvalue weighted by atomic mass is 35.5. The second-order valence-corrected chi connectivity index (χ2v) is 13.3. The molecule has 1 rings (SSSR count). The minimum Gasteiger partial charge on any atom is -0.414 e. The Hall–Kier alpha value is -0.673. The Balaban J connectivity index is 2.14. The lowest BCUT2D eigenvalue weighted by Gasteiger charge is -2.36. The maximum absolute atomic E-state index is 12.7. The van der Waals surface area contributed by atoms with E-state index in [0.29, 0.717) is 51.6 Å². The van der Waals surface area contributed by atoms with Gasteiger partial charge in [0.1, 0.15) is 5.69 Å². The molecule has 1 heterocycles. The van der Waals surface area contributed by atoms with Crippen LogP contribution in [0.25, 0.3) is 0 Å². The van der Waals surface area contributed by atoms with Gasteiger partial charge in [-0.2, -0.15) is 13.2 Å².